The van der Waals surface area contributed by atoms with Crippen LogP contribution < -0.4 is 16.0 Å². The number of likely N-dealkylation sites (tertiary alicyclic amines) is 1. The molecule has 0 radical (unpaired) electrons. The van der Waals surface area contributed by atoms with Crippen molar-refractivity contribution in [2.75, 3.05) is 26.2 Å². The van der Waals surface area contributed by atoms with Crippen LogP contribution in [0.15, 0.2) is 6.20 Å². The van der Waals surface area contributed by atoms with Crippen molar-refractivity contribution in [2.45, 2.75) is 51.1 Å². The second-order valence-corrected chi connectivity index (χ2v) is 9.35. The Kier molecular flexibility index (Phi) is 8.13. The quantitative estimate of drug-likeness (QED) is 0.396. The molecule has 1 aromatic rings. The zero-order valence-corrected chi connectivity index (χ0v) is 18.9. The Morgan fingerprint density at radius 3 is 2.66 bits per heavy atom. The van der Waals surface area contributed by atoms with Crippen molar-refractivity contribution in [1.82, 2.24) is 30.4 Å². The maximum absolute atomic E-state index is 12.9. The lowest BCUT2D eigenvalue weighted by Gasteiger charge is -2.35. The lowest BCUT2D eigenvalue weighted by atomic mass is 9.92. The van der Waals surface area contributed by atoms with E-state index in [4.69, 9.17) is 0 Å². The topological polar surface area (TPSA) is 154 Å². The number of carbonyl (C=O) groups excluding carboxylic acids is 3. The maximum Gasteiger partial charge on any atom is 0.350 e. The first kappa shape index (κ1) is 24.1. The third kappa shape index (κ3) is 6.22. The summed E-state index contributed by atoms with van der Waals surface area (Å²) in [5.41, 5.74) is -2.00. The molecule has 3 heterocycles. The molecule has 2 aliphatic rings. The smallest absolute Gasteiger partial charge is 0.350 e. The molecule has 4 N–H and O–H groups in total. The van der Waals surface area contributed by atoms with Crippen LogP contribution in [-0.4, -0.2) is 75.1 Å². The number of carboxylic acids is 1. The van der Waals surface area contributed by atoms with Gasteiger partial charge in [0, 0.05) is 19.5 Å². The van der Waals surface area contributed by atoms with Crippen molar-refractivity contribution in [3.63, 3.8) is 0 Å². The van der Waals surface area contributed by atoms with Crippen LogP contribution in [0.1, 0.15) is 55.1 Å². The van der Waals surface area contributed by atoms with E-state index in [2.05, 4.69) is 25.5 Å². The lowest BCUT2D eigenvalue weighted by molar-refractivity contribution is -0.149. The molecule has 176 valence electrons. The number of carbonyl (C=O) groups is 4. The van der Waals surface area contributed by atoms with Gasteiger partial charge in [0.1, 0.15) is 4.88 Å². The normalized spacial score (nSPS) is 21.4. The molecule has 2 saturated heterocycles. The summed E-state index contributed by atoms with van der Waals surface area (Å²) in [6, 6.07) is 0. The van der Waals surface area contributed by atoms with E-state index in [1.165, 1.54) is 13.1 Å². The predicted octanol–water partition coefficient (Wildman–Crippen LogP) is 0.203. The monoisotopic (exact) mass is 466 g/mol. The molecule has 2 aliphatic heterocycles. The fourth-order valence-corrected chi connectivity index (χ4v) is 4.53. The van der Waals surface area contributed by atoms with Gasteiger partial charge in [0.15, 0.2) is 0 Å². The van der Waals surface area contributed by atoms with Crippen LogP contribution in [0.5, 0.6) is 0 Å². The minimum atomic E-state index is -2.00. The highest BCUT2D eigenvalue weighted by molar-refractivity contribution is 7.07. The number of rotatable bonds is 8. The molecular weight excluding hydrogens is 436 g/mol. The summed E-state index contributed by atoms with van der Waals surface area (Å²) in [4.78, 5) is 51.5. The van der Waals surface area contributed by atoms with Crippen LogP contribution in [-0.2, 0) is 14.4 Å². The minimum absolute atomic E-state index is 0.0352. The van der Waals surface area contributed by atoms with Crippen molar-refractivity contribution in [2.24, 2.45) is 11.8 Å². The van der Waals surface area contributed by atoms with Gasteiger partial charge in [-0.2, -0.15) is 0 Å². The van der Waals surface area contributed by atoms with Gasteiger partial charge < -0.3 is 26.0 Å². The number of piperidine rings is 2. The van der Waals surface area contributed by atoms with Crippen molar-refractivity contribution in [3.05, 3.63) is 11.1 Å². The lowest BCUT2D eigenvalue weighted by Crippen LogP contribution is -2.65. The van der Waals surface area contributed by atoms with Crippen molar-refractivity contribution >= 4 is 35.2 Å². The SMILES string of the molecule is C[C@](NC(=O)c1cnns1)(NC(=O)C1CCCN(C(=O)CCC2CCNCC2)C1)C(=O)O. The Hall–Kier alpha value is -2.60. The average Bonchev–Trinajstić information content (AvgIpc) is 3.33. The molecule has 1 aromatic heterocycles. The third-order valence-corrected chi connectivity index (χ3v) is 6.78. The second-order valence-electron chi connectivity index (χ2n) is 8.57. The predicted molar refractivity (Wildman–Crippen MR) is 116 cm³/mol. The molecule has 0 saturated carbocycles. The molecule has 0 aromatic carbocycles. The fourth-order valence-electron chi connectivity index (χ4n) is 4.12. The summed E-state index contributed by atoms with van der Waals surface area (Å²) in [6.45, 7) is 4.04. The van der Waals surface area contributed by atoms with Gasteiger partial charge in [-0.15, -0.1) is 5.10 Å². The highest BCUT2D eigenvalue weighted by Gasteiger charge is 2.40. The van der Waals surface area contributed by atoms with E-state index in [0.717, 1.165) is 43.9 Å². The van der Waals surface area contributed by atoms with Gasteiger partial charge in [-0.05, 0) is 69.6 Å². The van der Waals surface area contributed by atoms with E-state index in [1.807, 2.05) is 0 Å². The van der Waals surface area contributed by atoms with E-state index in [-0.39, 0.29) is 17.3 Å². The van der Waals surface area contributed by atoms with Gasteiger partial charge in [-0.25, -0.2) is 4.79 Å². The molecule has 2 fully saturated rings. The molecule has 2 atom stereocenters. The minimum Gasteiger partial charge on any atom is -0.478 e. The Morgan fingerprint density at radius 1 is 1.25 bits per heavy atom. The third-order valence-electron chi connectivity index (χ3n) is 6.12. The molecule has 0 bridgehead atoms. The highest BCUT2D eigenvalue weighted by Crippen LogP contribution is 2.22. The van der Waals surface area contributed by atoms with E-state index >= 15 is 0 Å². The number of aromatic nitrogens is 2. The summed E-state index contributed by atoms with van der Waals surface area (Å²) >= 11 is 0.822. The molecule has 3 amide bonds. The van der Waals surface area contributed by atoms with E-state index in [0.29, 0.717) is 31.7 Å². The zero-order chi connectivity index (χ0) is 23.1. The molecule has 3 rings (SSSR count). The molecular formula is C20H30N6O5S. The van der Waals surface area contributed by atoms with Crippen LogP contribution in [0.4, 0.5) is 0 Å². The first-order valence-electron chi connectivity index (χ1n) is 10.9. The summed E-state index contributed by atoms with van der Waals surface area (Å²) in [7, 11) is 0. The molecule has 1 unspecified atom stereocenters. The van der Waals surface area contributed by atoms with Crippen molar-refractivity contribution in [3.8, 4) is 0 Å². The van der Waals surface area contributed by atoms with Crippen molar-refractivity contribution in [1.29, 1.82) is 0 Å². The molecule has 32 heavy (non-hydrogen) atoms. The summed E-state index contributed by atoms with van der Waals surface area (Å²) in [6.07, 6.45) is 5.91. The Labute approximate surface area is 190 Å². The van der Waals surface area contributed by atoms with Gasteiger partial charge in [-0.3, -0.25) is 14.4 Å². The van der Waals surface area contributed by atoms with Gasteiger partial charge in [-0.1, -0.05) is 4.49 Å². The number of nitrogens with zero attached hydrogens (tertiary/aromatic N) is 3. The summed E-state index contributed by atoms with van der Waals surface area (Å²) in [5, 5.41) is 21.3. The fraction of sp³-hybridized carbons (Fsp3) is 0.700. The van der Waals surface area contributed by atoms with Crippen LogP contribution in [0.3, 0.4) is 0 Å². The number of carboxylic acid groups (broad SMARTS) is 1. The number of nitrogens with one attached hydrogen (secondary N) is 3. The van der Waals surface area contributed by atoms with Crippen molar-refractivity contribution < 1.29 is 24.3 Å². The number of hydrogen-bond donors (Lipinski definition) is 4. The van der Waals surface area contributed by atoms with E-state index in [1.54, 1.807) is 4.90 Å². The van der Waals surface area contributed by atoms with Crippen LogP contribution >= 0.6 is 11.5 Å². The Balaban J connectivity index is 1.54. The number of amides is 3. The second kappa shape index (κ2) is 10.8. The first-order chi connectivity index (χ1) is 15.3. The van der Waals surface area contributed by atoms with Gasteiger partial charge in [0.05, 0.1) is 12.1 Å². The molecule has 0 spiro atoms. The standard InChI is InChI=1S/C20H30N6O5S/c1-20(19(30)31,24-18(29)15-11-22-25-32-15)23-17(28)14-3-2-10-26(12-14)16(27)5-4-13-6-8-21-9-7-13/h11,13-14,21H,2-10,12H2,1H3,(H,23,28)(H,24,29)(H,30,31)/t14?,20-/m1/s1. The Bertz CT molecular complexity index is 828. The van der Waals surface area contributed by atoms with E-state index in [9.17, 15) is 24.3 Å². The summed E-state index contributed by atoms with van der Waals surface area (Å²) in [5.74, 6) is -2.54. The Morgan fingerprint density at radius 2 is 2.00 bits per heavy atom. The average molecular weight is 467 g/mol. The van der Waals surface area contributed by atoms with E-state index < -0.39 is 29.4 Å². The zero-order valence-electron chi connectivity index (χ0n) is 18.1. The molecule has 0 aliphatic carbocycles. The molecule has 12 heteroatoms. The van der Waals surface area contributed by atoms with Crippen LogP contribution in [0.2, 0.25) is 0 Å². The molecule has 11 nitrogen and oxygen atoms in total. The number of aliphatic carboxylic acids is 1. The maximum atomic E-state index is 12.9. The van der Waals surface area contributed by atoms with Gasteiger partial charge in [0.2, 0.25) is 17.5 Å². The van der Waals surface area contributed by atoms with Crippen LogP contribution in [0, 0.1) is 11.8 Å². The largest absolute Gasteiger partial charge is 0.478 e. The van der Waals surface area contributed by atoms with Gasteiger partial charge in [0.25, 0.3) is 5.91 Å². The highest BCUT2D eigenvalue weighted by atomic mass is 32.1. The van der Waals surface area contributed by atoms with Crippen LogP contribution in [0.25, 0.3) is 0 Å². The summed E-state index contributed by atoms with van der Waals surface area (Å²) < 4.78 is 3.58. The van der Waals surface area contributed by atoms with Gasteiger partial charge >= 0.3 is 5.97 Å². The first-order valence-corrected chi connectivity index (χ1v) is 11.7. The number of hydrogen-bond acceptors (Lipinski definition) is 8.